The van der Waals surface area contributed by atoms with Gasteiger partial charge in [0.1, 0.15) is 0 Å². The van der Waals surface area contributed by atoms with Gasteiger partial charge in [0, 0.05) is 35.2 Å². The molecule has 28 heavy (non-hydrogen) atoms. The number of hydrogen-bond donors (Lipinski definition) is 3. The molecule has 0 amide bonds. The van der Waals surface area contributed by atoms with E-state index in [0.717, 1.165) is 24.5 Å². The van der Waals surface area contributed by atoms with E-state index in [0.29, 0.717) is 23.7 Å². The van der Waals surface area contributed by atoms with E-state index in [-0.39, 0.29) is 0 Å². The molecule has 0 spiro atoms. The highest BCUT2D eigenvalue weighted by Gasteiger charge is 2.25. The molecule has 0 saturated carbocycles. The van der Waals surface area contributed by atoms with Crippen LogP contribution in [-0.4, -0.2) is 56.8 Å². The Bertz CT molecular complexity index is 707. The number of benzene rings is 2. The van der Waals surface area contributed by atoms with Gasteiger partial charge in [-0.15, -0.1) is 10.8 Å². The topological polar surface area (TPSA) is 46.9 Å². The van der Waals surface area contributed by atoms with E-state index in [9.17, 15) is 9.11 Å². The molecule has 1 aliphatic heterocycles. The minimum absolute atomic E-state index is 0.555. The second kappa shape index (κ2) is 10.9. The van der Waals surface area contributed by atoms with E-state index >= 15 is 0 Å². The van der Waals surface area contributed by atoms with E-state index in [4.69, 9.17) is 0 Å². The highest BCUT2D eigenvalue weighted by molar-refractivity contribution is 8.22. The molecular weight excluding hydrogens is 408 g/mol. The van der Waals surface area contributed by atoms with Gasteiger partial charge in [-0.05, 0) is 62.3 Å². The summed E-state index contributed by atoms with van der Waals surface area (Å²) in [6.07, 6.45) is 3.78. The Morgan fingerprint density at radius 1 is 0.893 bits per heavy atom. The van der Waals surface area contributed by atoms with Crippen molar-refractivity contribution in [3.63, 3.8) is 0 Å². The van der Waals surface area contributed by atoms with Gasteiger partial charge in [-0.2, -0.15) is 16.9 Å². The van der Waals surface area contributed by atoms with Crippen LogP contribution in [0.5, 0.6) is 0 Å². The Balaban J connectivity index is 1.65. The molecule has 154 valence electrons. The van der Waals surface area contributed by atoms with Crippen LogP contribution in [0, 0.1) is 0 Å². The first-order chi connectivity index (χ1) is 13.6. The Hall–Kier alpha value is -0.670. The molecule has 0 aromatic heterocycles. The first kappa shape index (κ1) is 22.0. The molecule has 0 bridgehead atoms. The van der Waals surface area contributed by atoms with Gasteiger partial charge in [0.15, 0.2) is 0 Å². The standard InChI is InChI=1S/C21H30N2O2S3/c24-28(25,23(17-18-26)16-15-22-13-5-2-6-14-22)21-11-9-20(10-12-21)27-19-7-3-1-4-8-19/h1,3-4,7-12,24-26H,2,5-6,13-18H2. The van der Waals surface area contributed by atoms with Crippen LogP contribution in [0.25, 0.3) is 0 Å². The summed E-state index contributed by atoms with van der Waals surface area (Å²) < 4.78 is 23.8. The minimum atomic E-state index is -3.01. The summed E-state index contributed by atoms with van der Waals surface area (Å²) in [6, 6.07) is 17.8. The Morgan fingerprint density at radius 2 is 1.54 bits per heavy atom. The second-order valence-corrected chi connectivity index (χ2v) is 10.6. The highest BCUT2D eigenvalue weighted by atomic mass is 32.3. The van der Waals surface area contributed by atoms with Crippen LogP contribution in [0.3, 0.4) is 0 Å². The fourth-order valence-corrected chi connectivity index (χ4v) is 6.07. The predicted octanol–water partition coefficient (Wildman–Crippen LogP) is 5.58. The fourth-order valence-electron chi connectivity index (χ4n) is 3.38. The molecule has 2 aromatic carbocycles. The molecule has 0 radical (unpaired) electrons. The molecule has 1 saturated heterocycles. The Labute approximate surface area is 180 Å². The molecule has 3 rings (SSSR count). The maximum Gasteiger partial charge on any atom is 0.0753 e. The van der Waals surface area contributed by atoms with Gasteiger partial charge in [-0.1, -0.05) is 36.4 Å². The zero-order valence-electron chi connectivity index (χ0n) is 16.1. The van der Waals surface area contributed by atoms with Gasteiger partial charge in [0.25, 0.3) is 0 Å². The average Bonchev–Trinajstić information content (AvgIpc) is 2.73. The monoisotopic (exact) mass is 438 g/mol. The van der Waals surface area contributed by atoms with E-state index in [2.05, 4.69) is 29.7 Å². The number of likely N-dealkylation sites (tertiary alicyclic amines) is 1. The van der Waals surface area contributed by atoms with Crippen molar-refractivity contribution in [1.82, 2.24) is 9.21 Å². The molecule has 0 atom stereocenters. The molecule has 1 heterocycles. The van der Waals surface area contributed by atoms with Gasteiger partial charge in [0.05, 0.1) is 4.90 Å². The van der Waals surface area contributed by atoms with Crippen molar-refractivity contribution in [1.29, 1.82) is 0 Å². The highest BCUT2D eigenvalue weighted by Crippen LogP contribution is 2.51. The van der Waals surface area contributed by atoms with E-state index in [1.54, 1.807) is 16.1 Å². The lowest BCUT2D eigenvalue weighted by molar-refractivity contribution is 0.210. The summed E-state index contributed by atoms with van der Waals surface area (Å²) in [6.45, 7) is 4.29. The fraction of sp³-hybridized carbons (Fsp3) is 0.429. The Kier molecular flexibility index (Phi) is 8.59. The maximum atomic E-state index is 11.0. The predicted molar refractivity (Wildman–Crippen MR) is 124 cm³/mol. The summed E-state index contributed by atoms with van der Waals surface area (Å²) >= 11 is 6.00. The molecule has 0 aliphatic carbocycles. The molecule has 2 aromatic rings. The van der Waals surface area contributed by atoms with Crippen molar-refractivity contribution in [2.24, 2.45) is 0 Å². The molecule has 1 fully saturated rings. The van der Waals surface area contributed by atoms with Crippen LogP contribution in [0.4, 0.5) is 0 Å². The lowest BCUT2D eigenvalue weighted by Gasteiger charge is -2.43. The first-order valence-corrected chi connectivity index (χ1v) is 12.7. The summed E-state index contributed by atoms with van der Waals surface area (Å²) in [7, 11) is -3.01. The lowest BCUT2D eigenvalue weighted by Crippen LogP contribution is -2.39. The van der Waals surface area contributed by atoms with Crippen LogP contribution in [0.15, 0.2) is 69.3 Å². The van der Waals surface area contributed by atoms with E-state index in [1.807, 2.05) is 42.5 Å². The molecule has 1 aliphatic rings. The minimum Gasteiger partial charge on any atom is -0.302 e. The third-order valence-electron chi connectivity index (χ3n) is 4.94. The second-order valence-electron chi connectivity index (χ2n) is 6.96. The van der Waals surface area contributed by atoms with Crippen LogP contribution in [0.2, 0.25) is 0 Å². The van der Waals surface area contributed by atoms with Gasteiger partial charge in [-0.25, -0.2) is 0 Å². The van der Waals surface area contributed by atoms with Crippen molar-refractivity contribution in [3.05, 3.63) is 54.6 Å². The van der Waals surface area contributed by atoms with Gasteiger partial charge < -0.3 is 4.90 Å². The van der Waals surface area contributed by atoms with Crippen LogP contribution in [0.1, 0.15) is 19.3 Å². The van der Waals surface area contributed by atoms with Crippen LogP contribution < -0.4 is 0 Å². The number of rotatable bonds is 9. The molecule has 2 N–H and O–H groups in total. The summed E-state index contributed by atoms with van der Waals surface area (Å²) in [5.41, 5.74) is 0. The smallest absolute Gasteiger partial charge is 0.0753 e. The number of piperidine rings is 1. The van der Waals surface area contributed by atoms with Crippen molar-refractivity contribution in [2.75, 3.05) is 38.5 Å². The Morgan fingerprint density at radius 3 is 2.18 bits per heavy atom. The van der Waals surface area contributed by atoms with Crippen molar-refractivity contribution in [3.8, 4) is 0 Å². The van der Waals surface area contributed by atoms with Gasteiger partial charge in [-0.3, -0.25) is 9.11 Å². The van der Waals surface area contributed by atoms with Gasteiger partial charge >= 0.3 is 0 Å². The summed E-state index contributed by atoms with van der Waals surface area (Å²) in [5.74, 6) is 0.595. The normalized spacial score (nSPS) is 16.4. The third-order valence-corrected chi connectivity index (χ3v) is 8.15. The first-order valence-electron chi connectivity index (χ1n) is 9.79. The average molecular weight is 439 g/mol. The number of hydrogen-bond acceptors (Lipinski definition) is 6. The van der Waals surface area contributed by atoms with E-state index < -0.39 is 10.8 Å². The van der Waals surface area contributed by atoms with Crippen molar-refractivity contribution in [2.45, 2.75) is 33.9 Å². The number of nitrogens with zero attached hydrogens (tertiary/aromatic N) is 2. The van der Waals surface area contributed by atoms with Crippen LogP contribution in [-0.2, 0) is 0 Å². The number of thiol groups is 1. The van der Waals surface area contributed by atoms with Crippen LogP contribution >= 0.6 is 35.2 Å². The van der Waals surface area contributed by atoms with Crippen molar-refractivity contribution < 1.29 is 9.11 Å². The summed E-state index contributed by atoms with van der Waals surface area (Å²) in [4.78, 5) is 5.24. The largest absolute Gasteiger partial charge is 0.302 e. The third kappa shape index (κ3) is 6.16. The lowest BCUT2D eigenvalue weighted by atomic mass is 10.1. The van der Waals surface area contributed by atoms with Gasteiger partial charge in [0.2, 0.25) is 0 Å². The SMILES string of the molecule is OS(O)(c1ccc(Sc2ccccc2)cc1)N(CCS)CCN1CCCCC1. The zero-order chi connectivity index (χ0) is 19.8. The molecule has 7 heteroatoms. The summed E-state index contributed by atoms with van der Waals surface area (Å²) in [5, 5.41) is 0. The van der Waals surface area contributed by atoms with Crippen molar-refractivity contribution >= 4 is 35.2 Å². The zero-order valence-corrected chi connectivity index (χ0v) is 18.6. The molecule has 0 unspecified atom stereocenters. The molecular formula is C21H30N2O2S3. The molecule has 4 nitrogen and oxygen atoms in total. The maximum absolute atomic E-state index is 11.0. The van der Waals surface area contributed by atoms with E-state index in [1.165, 1.54) is 24.2 Å². The quantitative estimate of drug-likeness (QED) is 0.446.